The minimum absolute atomic E-state index is 0.00273. The predicted octanol–water partition coefficient (Wildman–Crippen LogP) is 1.87. The van der Waals surface area contributed by atoms with Crippen LogP contribution >= 0.6 is 0 Å². The molecule has 3 saturated heterocycles. The van der Waals surface area contributed by atoms with Crippen molar-refractivity contribution in [2.75, 3.05) is 31.1 Å². The number of nitrogens with zero attached hydrogens (tertiary/aromatic N) is 2. The molecule has 0 aromatic heterocycles. The maximum Gasteiger partial charge on any atom is 0.230 e. The van der Waals surface area contributed by atoms with Gasteiger partial charge in [-0.15, -0.1) is 0 Å². The van der Waals surface area contributed by atoms with Crippen LogP contribution in [0.1, 0.15) is 19.8 Å². The van der Waals surface area contributed by atoms with E-state index in [-0.39, 0.29) is 6.35 Å². The highest BCUT2D eigenvalue weighted by Crippen LogP contribution is 2.42. The predicted molar refractivity (Wildman–Crippen MR) is 80.0 cm³/mol. The monoisotopic (exact) mass is 273 g/mol. The van der Waals surface area contributed by atoms with Gasteiger partial charge in [-0.3, -0.25) is 5.32 Å². The van der Waals surface area contributed by atoms with Crippen molar-refractivity contribution in [1.29, 1.82) is 0 Å². The lowest BCUT2D eigenvalue weighted by Gasteiger charge is -2.49. The van der Waals surface area contributed by atoms with Gasteiger partial charge >= 0.3 is 0 Å². The van der Waals surface area contributed by atoms with Gasteiger partial charge in [0.1, 0.15) is 5.75 Å². The molecule has 3 fully saturated rings. The van der Waals surface area contributed by atoms with Crippen molar-refractivity contribution in [3.05, 3.63) is 24.3 Å². The van der Waals surface area contributed by atoms with Crippen molar-refractivity contribution >= 4 is 5.69 Å². The Kier molecular flexibility index (Phi) is 3.08. The summed E-state index contributed by atoms with van der Waals surface area (Å²) in [5.74, 6) is 1.84. The highest BCUT2D eigenvalue weighted by atomic mass is 16.5. The van der Waals surface area contributed by atoms with Gasteiger partial charge < -0.3 is 14.5 Å². The van der Waals surface area contributed by atoms with E-state index in [1.165, 1.54) is 38.2 Å². The first-order valence-electron chi connectivity index (χ1n) is 7.86. The molecule has 2 atom stereocenters. The second-order valence-electron chi connectivity index (χ2n) is 6.11. The molecule has 0 spiro atoms. The molecule has 1 N–H and O–H groups in total. The fraction of sp³-hybridized carbons (Fsp3) is 0.625. The second kappa shape index (κ2) is 4.93. The highest BCUT2D eigenvalue weighted by molar-refractivity contribution is 5.63. The molecule has 2 bridgehead atoms. The van der Waals surface area contributed by atoms with E-state index in [4.69, 9.17) is 4.74 Å². The summed E-state index contributed by atoms with van der Waals surface area (Å²) in [6.07, 6.45) is 2.67. The summed E-state index contributed by atoms with van der Waals surface area (Å²) in [4.78, 5) is 5.10. The van der Waals surface area contributed by atoms with Gasteiger partial charge in [0.15, 0.2) is 0 Å². The molecule has 1 aromatic rings. The van der Waals surface area contributed by atoms with Crippen LogP contribution in [0.5, 0.6) is 5.75 Å². The van der Waals surface area contributed by atoms with Crippen LogP contribution in [-0.2, 0) is 0 Å². The van der Waals surface area contributed by atoms with E-state index in [1.807, 2.05) is 0 Å². The quantitative estimate of drug-likeness (QED) is 0.910. The molecule has 4 heterocycles. The SMILES string of the molecule is CCN[C@@H]1Oc2ccccc2N1C1CN2CCC1CC2. The summed E-state index contributed by atoms with van der Waals surface area (Å²) in [5.41, 5.74) is 1.26. The zero-order chi connectivity index (χ0) is 13.5. The summed E-state index contributed by atoms with van der Waals surface area (Å²) >= 11 is 0. The number of anilines is 1. The molecule has 0 radical (unpaired) electrons. The molecule has 0 aliphatic carbocycles. The number of benzene rings is 1. The number of nitrogens with one attached hydrogen (secondary N) is 1. The summed E-state index contributed by atoms with van der Waals surface area (Å²) in [7, 11) is 0. The summed E-state index contributed by atoms with van der Waals surface area (Å²) in [5, 5.41) is 3.48. The molecule has 1 unspecified atom stereocenters. The lowest BCUT2D eigenvalue weighted by atomic mass is 9.83. The summed E-state index contributed by atoms with van der Waals surface area (Å²) in [6, 6.07) is 9.04. The Bertz CT molecular complexity index is 484. The fourth-order valence-electron chi connectivity index (χ4n) is 3.99. The molecular weight excluding hydrogens is 250 g/mol. The van der Waals surface area contributed by atoms with E-state index < -0.39 is 0 Å². The Morgan fingerprint density at radius 2 is 2.05 bits per heavy atom. The van der Waals surface area contributed by atoms with Crippen molar-refractivity contribution in [1.82, 2.24) is 10.2 Å². The number of hydrogen-bond acceptors (Lipinski definition) is 4. The van der Waals surface area contributed by atoms with Gasteiger partial charge in [0, 0.05) is 12.6 Å². The zero-order valence-corrected chi connectivity index (χ0v) is 12.1. The van der Waals surface area contributed by atoms with Gasteiger partial charge in [-0.2, -0.15) is 0 Å². The van der Waals surface area contributed by atoms with Crippen molar-refractivity contribution in [2.24, 2.45) is 5.92 Å². The van der Waals surface area contributed by atoms with E-state index in [0.717, 1.165) is 18.2 Å². The minimum atomic E-state index is 0.00273. The Labute approximate surface area is 120 Å². The van der Waals surface area contributed by atoms with Crippen LogP contribution in [0.4, 0.5) is 5.69 Å². The molecule has 5 rings (SSSR count). The maximum atomic E-state index is 6.12. The molecular formula is C16H23N3O. The van der Waals surface area contributed by atoms with Gasteiger partial charge in [0.25, 0.3) is 0 Å². The zero-order valence-electron chi connectivity index (χ0n) is 12.1. The molecule has 4 heteroatoms. The van der Waals surface area contributed by atoms with Crippen LogP contribution < -0.4 is 15.0 Å². The van der Waals surface area contributed by atoms with E-state index in [0.29, 0.717) is 6.04 Å². The number of para-hydroxylation sites is 2. The normalized spacial score (nSPS) is 35.0. The van der Waals surface area contributed by atoms with E-state index in [9.17, 15) is 0 Å². The summed E-state index contributed by atoms with van der Waals surface area (Å²) in [6.45, 7) is 6.81. The molecule has 0 amide bonds. The standard InChI is InChI=1S/C16H23N3O/c1-2-17-16-19(13-5-3-4-6-15(13)20-16)14-11-18-9-7-12(14)8-10-18/h3-6,12,14,16-17H,2,7-11H2,1H3/t14?,16-/m0/s1. The van der Waals surface area contributed by atoms with Crippen LogP contribution in [0.25, 0.3) is 0 Å². The van der Waals surface area contributed by atoms with Crippen molar-refractivity contribution in [2.45, 2.75) is 32.2 Å². The Morgan fingerprint density at radius 3 is 2.75 bits per heavy atom. The molecule has 4 aliphatic rings. The number of fused-ring (bicyclic) bond motifs is 4. The van der Waals surface area contributed by atoms with E-state index in [2.05, 4.69) is 46.3 Å². The summed E-state index contributed by atoms with van der Waals surface area (Å²) < 4.78 is 6.12. The average molecular weight is 273 g/mol. The minimum Gasteiger partial charge on any atom is -0.455 e. The van der Waals surface area contributed by atoms with Crippen LogP contribution in [0.3, 0.4) is 0 Å². The fourth-order valence-corrected chi connectivity index (χ4v) is 3.99. The second-order valence-corrected chi connectivity index (χ2v) is 6.11. The lowest BCUT2D eigenvalue weighted by Crippen LogP contribution is -2.62. The van der Waals surface area contributed by atoms with Crippen LogP contribution in [-0.4, -0.2) is 43.5 Å². The number of ether oxygens (including phenoxy) is 1. The molecule has 20 heavy (non-hydrogen) atoms. The van der Waals surface area contributed by atoms with E-state index in [1.54, 1.807) is 0 Å². The first-order valence-corrected chi connectivity index (χ1v) is 7.86. The number of hydrogen-bond donors (Lipinski definition) is 1. The average Bonchev–Trinajstić information content (AvgIpc) is 2.86. The molecule has 4 aliphatic heterocycles. The van der Waals surface area contributed by atoms with Gasteiger partial charge in [0.05, 0.1) is 5.69 Å². The third-order valence-electron chi connectivity index (χ3n) is 4.99. The molecule has 0 saturated carbocycles. The van der Waals surface area contributed by atoms with Crippen LogP contribution in [0.2, 0.25) is 0 Å². The van der Waals surface area contributed by atoms with Gasteiger partial charge in [-0.25, -0.2) is 0 Å². The Morgan fingerprint density at radius 1 is 1.25 bits per heavy atom. The third kappa shape index (κ3) is 1.90. The van der Waals surface area contributed by atoms with Crippen LogP contribution in [0.15, 0.2) is 24.3 Å². The Balaban J connectivity index is 1.66. The van der Waals surface area contributed by atoms with Crippen molar-refractivity contribution < 1.29 is 4.74 Å². The van der Waals surface area contributed by atoms with Gasteiger partial charge in [-0.05, 0) is 50.5 Å². The third-order valence-corrected chi connectivity index (χ3v) is 4.99. The number of rotatable bonds is 3. The van der Waals surface area contributed by atoms with E-state index >= 15 is 0 Å². The van der Waals surface area contributed by atoms with Crippen molar-refractivity contribution in [3.8, 4) is 5.75 Å². The first kappa shape index (κ1) is 12.5. The molecule has 1 aromatic carbocycles. The smallest absolute Gasteiger partial charge is 0.230 e. The van der Waals surface area contributed by atoms with Crippen molar-refractivity contribution in [3.63, 3.8) is 0 Å². The molecule has 4 nitrogen and oxygen atoms in total. The highest BCUT2D eigenvalue weighted by Gasteiger charge is 2.43. The topological polar surface area (TPSA) is 27.7 Å². The molecule has 108 valence electrons. The lowest BCUT2D eigenvalue weighted by molar-refractivity contribution is 0.0644. The van der Waals surface area contributed by atoms with Gasteiger partial charge in [0.2, 0.25) is 6.35 Å². The Hall–Kier alpha value is -1.26. The van der Waals surface area contributed by atoms with Crippen LogP contribution in [0, 0.1) is 5.92 Å². The maximum absolute atomic E-state index is 6.12. The number of piperidine rings is 3. The largest absolute Gasteiger partial charge is 0.455 e. The van der Waals surface area contributed by atoms with Gasteiger partial charge in [-0.1, -0.05) is 19.1 Å². The first-order chi connectivity index (χ1) is 9.86.